The fourth-order valence-electron chi connectivity index (χ4n) is 4.21. The summed E-state index contributed by atoms with van der Waals surface area (Å²) in [5.41, 5.74) is 0. The van der Waals surface area contributed by atoms with Crippen LogP contribution in [0.15, 0.2) is 0 Å². The van der Waals surface area contributed by atoms with Crippen LogP contribution >= 0.6 is 0 Å². The van der Waals surface area contributed by atoms with Crippen LogP contribution in [0.3, 0.4) is 0 Å². The summed E-state index contributed by atoms with van der Waals surface area (Å²) in [5.74, 6) is 1.41. The Morgan fingerprint density at radius 1 is 1.21 bits per heavy atom. The van der Waals surface area contributed by atoms with E-state index in [1.165, 1.54) is 30.6 Å². The number of carbonyl (C=O) groups is 2. The van der Waals surface area contributed by atoms with Crippen LogP contribution in [0, 0.1) is 17.8 Å². The normalized spacial score (nSPS) is 36.7. The zero-order valence-electron chi connectivity index (χ0n) is 11.2. The first-order valence-corrected chi connectivity index (χ1v) is 7.42. The van der Waals surface area contributed by atoms with Gasteiger partial charge in [0.05, 0.1) is 0 Å². The number of nitrogens with zero attached hydrogens (tertiary/aromatic N) is 1. The van der Waals surface area contributed by atoms with E-state index in [0.717, 1.165) is 24.8 Å². The summed E-state index contributed by atoms with van der Waals surface area (Å²) < 4.78 is 0. The minimum atomic E-state index is -0.882. The van der Waals surface area contributed by atoms with Crippen LogP contribution in [0.4, 0.5) is 4.79 Å². The van der Waals surface area contributed by atoms with Crippen LogP contribution in [0.25, 0.3) is 0 Å². The van der Waals surface area contributed by atoms with Gasteiger partial charge in [0.1, 0.15) is 6.04 Å². The Labute approximate surface area is 113 Å². The van der Waals surface area contributed by atoms with E-state index in [1.54, 1.807) is 0 Å². The molecule has 106 valence electrons. The van der Waals surface area contributed by atoms with Crippen molar-refractivity contribution in [2.75, 3.05) is 13.1 Å². The molecule has 5 nitrogen and oxygen atoms in total. The number of hydrogen-bond acceptors (Lipinski definition) is 2. The maximum Gasteiger partial charge on any atom is 0.326 e. The minimum absolute atomic E-state index is 0.187. The molecule has 19 heavy (non-hydrogen) atoms. The molecule has 0 spiro atoms. The number of urea groups is 1. The Bertz CT molecular complexity index is 385. The molecule has 3 aliphatic rings. The van der Waals surface area contributed by atoms with E-state index in [1.807, 2.05) is 0 Å². The maximum atomic E-state index is 12.1. The Morgan fingerprint density at radius 3 is 2.68 bits per heavy atom. The summed E-state index contributed by atoms with van der Waals surface area (Å²) in [6, 6.07) is -0.812. The molecule has 4 atom stereocenters. The second kappa shape index (κ2) is 5.02. The lowest BCUT2D eigenvalue weighted by Crippen LogP contribution is -2.47. The highest BCUT2D eigenvalue weighted by Gasteiger charge is 2.40. The fourth-order valence-corrected chi connectivity index (χ4v) is 4.21. The smallest absolute Gasteiger partial charge is 0.326 e. The lowest BCUT2D eigenvalue weighted by molar-refractivity contribution is -0.141. The summed E-state index contributed by atoms with van der Waals surface area (Å²) in [6.07, 6.45) is 6.62. The van der Waals surface area contributed by atoms with Gasteiger partial charge in [-0.1, -0.05) is 6.42 Å². The van der Waals surface area contributed by atoms with E-state index in [4.69, 9.17) is 5.11 Å². The molecule has 0 aromatic carbocycles. The van der Waals surface area contributed by atoms with Crippen molar-refractivity contribution in [1.29, 1.82) is 0 Å². The van der Waals surface area contributed by atoms with Crippen molar-refractivity contribution in [2.45, 2.75) is 44.6 Å². The van der Waals surface area contributed by atoms with Gasteiger partial charge in [0.15, 0.2) is 0 Å². The molecule has 1 heterocycles. The second-order valence-corrected chi connectivity index (χ2v) is 6.31. The van der Waals surface area contributed by atoms with Crippen molar-refractivity contribution in [2.24, 2.45) is 17.8 Å². The van der Waals surface area contributed by atoms with E-state index < -0.39 is 12.0 Å². The largest absolute Gasteiger partial charge is 0.480 e. The zero-order valence-corrected chi connectivity index (χ0v) is 11.2. The molecule has 3 rings (SSSR count). The van der Waals surface area contributed by atoms with Crippen molar-refractivity contribution >= 4 is 12.0 Å². The van der Waals surface area contributed by atoms with Gasteiger partial charge in [0.2, 0.25) is 0 Å². The second-order valence-electron chi connectivity index (χ2n) is 6.31. The summed E-state index contributed by atoms with van der Waals surface area (Å²) in [6.45, 7) is 1.29. The third-order valence-corrected chi connectivity index (χ3v) is 5.20. The predicted molar refractivity (Wildman–Crippen MR) is 69.7 cm³/mol. The Balaban J connectivity index is 1.50. The molecule has 0 aromatic rings. The summed E-state index contributed by atoms with van der Waals surface area (Å²) >= 11 is 0. The number of aliphatic carboxylic acids is 1. The number of carbonyl (C=O) groups excluding carboxylic acids is 1. The molecule has 2 aliphatic carbocycles. The number of hydrogen-bond donors (Lipinski definition) is 2. The summed E-state index contributed by atoms with van der Waals surface area (Å²) in [7, 11) is 0. The topological polar surface area (TPSA) is 69.6 Å². The zero-order chi connectivity index (χ0) is 13.4. The molecule has 0 radical (unpaired) electrons. The molecule has 3 fully saturated rings. The van der Waals surface area contributed by atoms with Crippen LogP contribution < -0.4 is 5.32 Å². The maximum absolute atomic E-state index is 12.1. The molecule has 2 bridgehead atoms. The van der Waals surface area contributed by atoms with Crippen LogP contribution in [-0.2, 0) is 4.79 Å². The number of fused-ring (bicyclic) bond motifs is 2. The average molecular weight is 266 g/mol. The van der Waals surface area contributed by atoms with Gasteiger partial charge < -0.3 is 15.3 Å². The van der Waals surface area contributed by atoms with Crippen molar-refractivity contribution < 1.29 is 14.7 Å². The van der Waals surface area contributed by atoms with E-state index in [9.17, 15) is 9.59 Å². The highest BCUT2D eigenvalue weighted by Crippen LogP contribution is 2.47. The van der Waals surface area contributed by atoms with Crippen molar-refractivity contribution in [3.8, 4) is 0 Å². The molecule has 5 heteroatoms. The standard InChI is InChI=1S/C14H22N2O3/c17-13(18)12-2-1-5-16(12)14(19)15-8-11-7-9-3-4-10(11)6-9/h9-12H,1-8H2,(H,15,19)(H,17,18)/t9?,10?,11?,12-/m0/s1. The molecule has 2 amide bonds. The number of nitrogens with one attached hydrogen (secondary N) is 1. The van der Waals surface area contributed by atoms with E-state index in [0.29, 0.717) is 18.9 Å². The molecular formula is C14H22N2O3. The van der Waals surface area contributed by atoms with Crippen LogP contribution in [0.5, 0.6) is 0 Å². The van der Waals surface area contributed by atoms with Gasteiger partial charge in [-0.15, -0.1) is 0 Å². The monoisotopic (exact) mass is 266 g/mol. The highest BCUT2D eigenvalue weighted by molar-refractivity contribution is 5.83. The van der Waals surface area contributed by atoms with Crippen molar-refractivity contribution in [3.63, 3.8) is 0 Å². The third-order valence-electron chi connectivity index (χ3n) is 5.20. The van der Waals surface area contributed by atoms with E-state index in [2.05, 4.69) is 5.32 Å². The number of amides is 2. The van der Waals surface area contributed by atoms with Crippen LogP contribution in [-0.4, -0.2) is 41.1 Å². The number of rotatable bonds is 3. The molecule has 1 aliphatic heterocycles. The van der Waals surface area contributed by atoms with E-state index in [-0.39, 0.29) is 6.03 Å². The highest BCUT2D eigenvalue weighted by atomic mass is 16.4. The molecular weight excluding hydrogens is 244 g/mol. The molecule has 2 saturated carbocycles. The van der Waals surface area contributed by atoms with Crippen LogP contribution in [0.2, 0.25) is 0 Å². The van der Waals surface area contributed by atoms with Gasteiger partial charge in [0, 0.05) is 13.1 Å². The first-order valence-electron chi connectivity index (χ1n) is 7.42. The first kappa shape index (κ1) is 12.8. The lowest BCUT2D eigenvalue weighted by Gasteiger charge is -2.25. The average Bonchev–Trinajstić information content (AvgIpc) is 3.10. The van der Waals surface area contributed by atoms with Gasteiger partial charge >= 0.3 is 12.0 Å². The fraction of sp³-hybridized carbons (Fsp3) is 0.857. The van der Waals surface area contributed by atoms with Crippen molar-refractivity contribution in [3.05, 3.63) is 0 Å². The molecule has 1 saturated heterocycles. The third kappa shape index (κ3) is 2.42. The predicted octanol–water partition coefficient (Wildman–Crippen LogP) is 1.68. The van der Waals surface area contributed by atoms with Gasteiger partial charge in [0.25, 0.3) is 0 Å². The van der Waals surface area contributed by atoms with Crippen LogP contribution in [0.1, 0.15) is 38.5 Å². The quantitative estimate of drug-likeness (QED) is 0.816. The number of carboxylic acids is 1. The van der Waals surface area contributed by atoms with Gasteiger partial charge in [-0.25, -0.2) is 9.59 Å². The number of carboxylic acid groups (broad SMARTS) is 1. The van der Waals surface area contributed by atoms with Gasteiger partial charge in [-0.2, -0.15) is 0 Å². The SMILES string of the molecule is O=C(O)[C@@H]1CCCN1C(=O)NCC1CC2CCC1C2. The minimum Gasteiger partial charge on any atom is -0.480 e. The summed E-state index contributed by atoms with van der Waals surface area (Å²) in [4.78, 5) is 24.6. The van der Waals surface area contributed by atoms with Gasteiger partial charge in [-0.05, 0) is 49.9 Å². The Morgan fingerprint density at radius 2 is 2.05 bits per heavy atom. The lowest BCUT2D eigenvalue weighted by atomic mass is 9.89. The first-order chi connectivity index (χ1) is 9.15. The Kier molecular flexibility index (Phi) is 3.37. The van der Waals surface area contributed by atoms with Crippen molar-refractivity contribution in [1.82, 2.24) is 10.2 Å². The molecule has 0 aromatic heterocycles. The Hall–Kier alpha value is -1.26. The molecule has 3 unspecified atom stereocenters. The number of likely N-dealkylation sites (tertiary alicyclic amines) is 1. The summed E-state index contributed by atoms with van der Waals surface area (Å²) in [5, 5.41) is 12.0. The van der Waals surface area contributed by atoms with E-state index >= 15 is 0 Å². The molecule has 2 N–H and O–H groups in total. The van der Waals surface area contributed by atoms with Gasteiger partial charge in [-0.3, -0.25) is 0 Å².